The highest BCUT2D eigenvalue weighted by Crippen LogP contribution is 2.21. The second kappa shape index (κ2) is 7.82. The maximum atomic E-state index is 11.4. The van der Waals surface area contributed by atoms with Crippen LogP contribution in [0.3, 0.4) is 0 Å². The molecule has 0 aliphatic heterocycles. The lowest BCUT2D eigenvalue weighted by molar-refractivity contribution is -0.122. The van der Waals surface area contributed by atoms with Crippen LogP contribution in [0, 0.1) is 0 Å². The molecular formula is C16H25NO2. The first kappa shape index (κ1) is 15.5. The molecule has 106 valence electrons. The molecule has 3 nitrogen and oxygen atoms in total. The van der Waals surface area contributed by atoms with Gasteiger partial charge in [-0.2, -0.15) is 0 Å². The molecule has 1 atom stereocenters. The summed E-state index contributed by atoms with van der Waals surface area (Å²) in [5.74, 6) is 1.43. The SMILES string of the molecule is CCC(C)c1ccc(OCCC(=O)NC(C)C)cc1. The molecule has 1 unspecified atom stereocenters. The second-order valence-electron chi connectivity index (χ2n) is 5.20. The number of nitrogens with one attached hydrogen (secondary N) is 1. The molecule has 0 radical (unpaired) electrons. The average molecular weight is 263 g/mol. The number of rotatable bonds is 7. The van der Waals surface area contributed by atoms with Crippen LogP contribution >= 0.6 is 0 Å². The molecule has 0 spiro atoms. The smallest absolute Gasteiger partial charge is 0.223 e. The molecule has 1 N–H and O–H groups in total. The molecule has 1 aromatic carbocycles. The summed E-state index contributed by atoms with van der Waals surface area (Å²) in [5.41, 5.74) is 1.33. The van der Waals surface area contributed by atoms with Crippen molar-refractivity contribution in [2.24, 2.45) is 0 Å². The number of hydrogen-bond donors (Lipinski definition) is 1. The lowest BCUT2D eigenvalue weighted by Gasteiger charge is -2.11. The maximum Gasteiger partial charge on any atom is 0.223 e. The van der Waals surface area contributed by atoms with Crippen LogP contribution in [0.25, 0.3) is 0 Å². The van der Waals surface area contributed by atoms with Crippen molar-refractivity contribution >= 4 is 5.91 Å². The zero-order valence-corrected chi connectivity index (χ0v) is 12.4. The van der Waals surface area contributed by atoms with Gasteiger partial charge in [0.1, 0.15) is 5.75 Å². The predicted molar refractivity (Wildman–Crippen MR) is 78.5 cm³/mol. The van der Waals surface area contributed by atoms with Gasteiger partial charge in [-0.25, -0.2) is 0 Å². The Hall–Kier alpha value is -1.51. The van der Waals surface area contributed by atoms with E-state index in [9.17, 15) is 4.79 Å². The number of carbonyl (C=O) groups excluding carboxylic acids is 1. The van der Waals surface area contributed by atoms with E-state index < -0.39 is 0 Å². The summed E-state index contributed by atoms with van der Waals surface area (Å²) in [6.45, 7) is 8.72. The fourth-order valence-electron chi connectivity index (χ4n) is 1.78. The average Bonchev–Trinajstić information content (AvgIpc) is 2.37. The predicted octanol–water partition coefficient (Wildman–Crippen LogP) is 3.49. The van der Waals surface area contributed by atoms with Gasteiger partial charge in [-0.1, -0.05) is 26.0 Å². The van der Waals surface area contributed by atoms with Crippen LogP contribution in [-0.2, 0) is 4.79 Å². The Labute approximate surface area is 116 Å². The summed E-state index contributed by atoms with van der Waals surface area (Å²) in [6.07, 6.45) is 1.53. The lowest BCUT2D eigenvalue weighted by atomic mass is 9.99. The third-order valence-electron chi connectivity index (χ3n) is 3.11. The lowest BCUT2D eigenvalue weighted by Crippen LogP contribution is -2.31. The van der Waals surface area contributed by atoms with Gasteiger partial charge in [0.25, 0.3) is 0 Å². The van der Waals surface area contributed by atoms with Crippen LogP contribution in [0.1, 0.15) is 52.0 Å². The fourth-order valence-corrected chi connectivity index (χ4v) is 1.78. The molecule has 3 heteroatoms. The number of ether oxygens (including phenoxy) is 1. The summed E-state index contributed by atoms with van der Waals surface area (Å²) >= 11 is 0. The van der Waals surface area contributed by atoms with Gasteiger partial charge in [0.05, 0.1) is 13.0 Å². The molecule has 1 aromatic rings. The van der Waals surface area contributed by atoms with Crippen molar-refractivity contribution in [2.75, 3.05) is 6.61 Å². The molecule has 19 heavy (non-hydrogen) atoms. The Morgan fingerprint density at radius 1 is 1.21 bits per heavy atom. The van der Waals surface area contributed by atoms with Crippen molar-refractivity contribution in [3.05, 3.63) is 29.8 Å². The van der Waals surface area contributed by atoms with Crippen LogP contribution in [0.15, 0.2) is 24.3 Å². The van der Waals surface area contributed by atoms with Crippen molar-refractivity contribution in [1.82, 2.24) is 5.32 Å². The van der Waals surface area contributed by atoms with E-state index in [0.29, 0.717) is 18.9 Å². The van der Waals surface area contributed by atoms with Crippen molar-refractivity contribution in [2.45, 2.75) is 52.5 Å². The zero-order chi connectivity index (χ0) is 14.3. The van der Waals surface area contributed by atoms with E-state index in [-0.39, 0.29) is 11.9 Å². The molecule has 0 aromatic heterocycles. The molecular weight excluding hydrogens is 238 g/mol. The molecule has 0 saturated carbocycles. The molecule has 0 saturated heterocycles. The van der Waals surface area contributed by atoms with Gasteiger partial charge in [0.2, 0.25) is 5.91 Å². The van der Waals surface area contributed by atoms with Crippen LogP contribution in [0.2, 0.25) is 0 Å². The maximum absolute atomic E-state index is 11.4. The fraction of sp³-hybridized carbons (Fsp3) is 0.562. The standard InChI is InChI=1S/C16H25NO2/c1-5-13(4)14-6-8-15(9-7-14)19-11-10-16(18)17-12(2)3/h6-9,12-13H,5,10-11H2,1-4H3,(H,17,18). The van der Waals surface area contributed by atoms with Crippen LogP contribution < -0.4 is 10.1 Å². The highest BCUT2D eigenvalue weighted by Gasteiger charge is 2.05. The van der Waals surface area contributed by atoms with E-state index in [1.807, 2.05) is 26.0 Å². The number of hydrogen-bond acceptors (Lipinski definition) is 2. The Morgan fingerprint density at radius 3 is 2.37 bits per heavy atom. The van der Waals surface area contributed by atoms with Crippen molar-refractivity contribution in [3.8, 4) is 5.75 Å². The molecule has 0 fully saturated rings. The Bertz CT molecular complexity index is 384. The van der Waals surface area contributed by atoms with Crippen LogP contribution in [0.5, 0.6) is 5.75 Å². The van der Waals surface area contributed by atoms with Gasteiger partial charge < -0.3 is 10.1 Å². The summed E-state index contributed by atoms with van der Waals surface area (Å²) in [6, 6.07) is 8.32. The molecule has 0 heterocycles. The first-order valence-electron chi connectivity index (χ1n) is 7.05. The second-order valence-corrected chi connectivity index (χ2v) is 5.20. The van der Waals surface area contributed by atoms with Crippen molar-refractivity contribution < 1.29 is 9.53 Å². The summed E-state index contributed by atoms with van der Waals surface area (Å²) in [7, 11) is 0. The summed E-state index contributed by atoms with van der Waals surface area (Å²) in [5, 5.41) is 2.84. The quantitative estimate of drug-likeness (QED) is 0.817. The van der Waals surface area contributed by atoms with Gasteiger partial charge in [-0.05, 0) is 43.9 Å². The van der Waals surface area contributed by atoms with Gasteiger partial charge >= 0.3 is 0 Å². The summed E-state index contributed by atoms with van der Waals surface area (Å²) in [4.78, 5) is 11.4. The molecule has 0 aliphatic rings. The van der Waals surface area contributed by atoms with Gasteiger partial charge in [0, 0.05) is 6.04 Å². The van der Waals surface area contributed by atoms with E-state index in [2.05, 4.69) is 31.3 Å². The first-order valence-corrected chi connectivity index (χ1v) is 7.05. The third kappa shape index (κ3) is 5.77. The van der Waals surface area contributed by atoms with E-state index in [0.717, 1.165) is 12.2 Å². The minimum atomic E-state index is 0.0335. The molecule has 0 aliphatic carbocycles. The van der Waals surface area contributed by atoms with Crippen LogP contribution in [-0.4, -0.2) is 18.6 Å². The van der Waals surface area contributed by atoms with Crippen molar-refractivity contribution in [1.29, 1.82) is 0 Å². The van der Waals surface area contributed by atoms with E-state index in [4.69, 9.17) is 4.74 Å². The Balaban J connectivity index is 2.36. The molecule has 1 amide bonds. The topological polar surface area (TPSA) is 38.3 Å². The number of carbonyl (C=O) groups is 1. The van der Waals surface area contributed by atoms with Crippen LogP contribution in [0.4, 0.5) is 0 Å². The minimum Gasteiger partial charge on any atom is -0.493 e. The largest absolute Gasteiger partial charge is 0.493 e. The Kier molecular flexibility index (Phi) is 6.40. The highest BCUT2D eigenvalue weighted by molar-refractivity contribution is 5.76. The first-order chi connectivity index (χ1) is 9.02. The van der Waals surface area contributed by atoms with Gasteiger partial charge in [-0.15, -0.1) is 0 Å². The Morgan fingerprint density at radius 2 is 1.84 bits per heavy atom. The normalized spacial score (nSPS) is 12.3. The van der Waals surface area contributed by atoms with Crippen molar-refractivity contribution in [3.63, 3.8) is 0 Å². The zero-order valence-electron chi connectivity index (χ0n) is 12.4. The van der Waals surface area contributed by atoms with E-state index in [1.165, 1.54) is 5.56 Å². The van der Waals surface area contributed by atoms with Gasteiger partial charge in [0.15, 0.2) is 0 Å². The van der Waals surface area contributed by atoms with E-state index >= 15 is 0 Å². The monoisotopic (exact) mass is 263 g/mol. The van der Waals surface area contributed by atoms with E-state index in [1.54, 1.807) is 0 Å². The minimum absolute atomic E-state index is 0.0335. The highest BCUT2D eigenvalue weighted by atomic mass is 16.5. The summed E-state index contributed by atoms with van der Waals surface area (Å²) < 4.78 is 5.57. The third-order valence-corrected chi connectivity index (χ3v) is 3.11. The molecule has 0 bridgehead atoms. The molecule has 1 rings (SSSR count). The number of benzene rings is 1. The number of amides is 1. The van der Waals surface area contributed by atoms with Gasteiger partial charge in [-0.3, -0.25) is 4.79 Å².